The van der Waals surface area contributed by atoms with E-state index >= 15 is 0 Å². The number of nitrogens with zero attached hydrogens (tertiary/aromatic N) is 4. The van der Waals surface area contributed by atoms with Crippen LogP contribution in [0.15, 0.2) is 187 Å². The highest BCUT2D eigenvalue weighted by molar-refractivity contribution is 7.25. The summed E-state index contributed by atoms with van der Waals surface area (Å²) < 4.78 is 9.31. The molecule has 0 fully saturated rings. The van der Waals surface area contributed by atoms with E-state index in [9.17, 15) is 0 Å². The summed E-state index contributed by atoms with van der Waals surface area (Å²) in [6.45, 7) is 0. The van der Waals surface area contributed by atoms with Crippen LogP contribution in [-0.4, -0.2) is 19.9 Å². The van der Waals surface area contributed by atoms with Crippen LogP contribution in [0, 0.1) is 0 Å². The summed E-state index contributed by atoms with van der Waals surface area (Å²) in [5, 5.41) is 4.78. The number of hydrogen-bond donors (Lipinski definition) is 0. The van der Waals surface area contributed by atoms with E-state index in [2.05, 4.69) is 120 Å². The number of rotatable bonds is 6. The first-order valence-corrected chi connectivity index (χ1v) is 19.4. The zero-order valence-corrected chi connectivity index (χ0v) is 30.7. The van der Waals surface area contributed by atoms with Crippen molar-refractivity contribution in [2.24, 2.45) is 0 Å². The number of pyridine rings is 1. The van der Waals surface area contributed by atoms with E-state index in [-0.39, 0.29) is 0 Å². The second-order valence-electron chi connectivity index (χ2n) is 13.8. The van der Waals surface area contributed by atoms with Gasteiger partial charge in [0.25, 0.3) is 0 Å². The van der Waals surface area contributed by atoms with Crippen LogP contribution in [-0.2, 0) is 0 Å². The summed E-state index contributed by atoms with van der Waals surface area (Å²) in [6, 6.07) is 58.8. The van der Waals surface area contributed by atoms with Crippen molar-refractivity contribution in [1.29, 1.82) is 0 Å². The predicted molar refractivity (Wildman–Crippen MR) is 230 cm³/mol. The van der Waals surface area contributed by atoms with E-state index in [1.807, 2.05) is 72.1 Å². The lowest BCUT2D eigenvalue weighted by atomic mass is 9.92. The molecular weight excluding hydrogens is 705 g/mol. The van der Waals surface area contributed by atoms with Gasteiger partial charge in [-0.1, -0.05) is 140 Å². The Balaban J connectivity index is 1.05. The Morgan fingerprint density at radius 1 is 0.375 bits per heavy atom. The van der Waals surface area contributed by atoms with Gasteiger partial charge in [0.2, 0.25) is 0 Å². The lowest BCUT2D eigenvalue weighted by Crippen LogP contribution is -2.01. The van der Waals surface area contributed by atoms with Crippen molar-refractivity contribution in [2.75, 3.05) is 0 Å². The molecule has 0 N–H and O–H groups in total. The maximum atomic E-state index is 6.74. The largest absolute Gasteiger partial charge is 0.455 e. The van der Waals surface area contributed by atoms with Crippen molar-refractivity contribution in [3.8, 4) is 67.5 Å². The molecule has 56 heavy (non-hydrogen) atoms. The lowest BCUT2D eigenvalue weighted by Gasteiger charge is -2.12. The maximum Gasteiger partial charge on any atom is 0.164 e. The fourth-order valence-electron chi connectivity index (χ4n) is 7.87. The van der Waals surface area contributed by atoms with E-state index in [0.717, 1.165) is 66.4 Å². The van der Waals surface area contributed by atoms with Gasteiger partial charge in [-0.25, -0.2) is 15.0 Å². The summed E-state index contributed by atoms with van der Waals surface area (Å²) in [5.41, 5.74) is 10.9. The zero-order chi connectivity index (χ0) is 37.0. The average molecular weight is 735 g/mol. The smallest absolute Gasteiger partial charge is 0.164 e. The molecule has 6 heteroatoms. The van der Waals surface area contributed by atoms with Crippen molar-refractivity contribution >= 4 is 53.4 Å². The summed E-state index contributed by atoms with van der Waals surface area (Å²) in [7, 11) is 0. The molecule has 0 radical (unpaired) electrons. The van der Waals surface area contributed by atoms with Crippen LogP contribution in [0.3, 0.4) is 0 Å². The van der Waals surface area contributed by atoms with Crippen molar-refractivity contribution in [3.05, 3.63) is 182 Å². The van der Waals surface area contributed by atoms with Gasteiger partial charge in [-0.05, 0) is 52.6 Å². The van der Waals surface area contributed by atoms with Gasteiger partial charge in [-0.3, -0.25) is 4.98 Å². The molecule has 5 nitrogen and oxygen atoms in total. The molecule has 4 aromatic heterocycles. The van der Waals surface area contributed by atoms with Crippen LogP contribution in [0.1, 0.15) is 0 Å². The number of benzene rings is 7. The minimum atomic E-state index is 0.599. The zero-order valence-electron chi connectivity index (χ0n) is 29.9. The Labute approximate surface area is 326 Å². The molecule has 11 aromatic rings. The highest BCUT2D eigenvalue weighted by atomic mass is 32.1. The molecule has 0 saturated carbocycles. The normalized spacial score (nSPS) is 11.6. The summed E-state index contributed by atoms with van der Waals surface area (Å²) >= 11 is 1.84. The Bertz CT molecular complexity index is 3240. The van der Waals surface area contributed by atoms with E-state index in [4.69, 9.17) is 19.4 Å². The van der Waals surface area contributed by atoms with Gasteiger partial charge in [0.15, 0.2) is 17.5 Å². The van der Waals surface area contributed by atoms with Crippen molar-refractivity contribution < 1.29 is 4.42 Å². The van der Waals surface area contributed by atoms with Gasteiger partial charge >= 0.3 is 0 Å². The SMILES string of the molecule is c1ccc(-c2nc(-c3ccc(-c4ccc(-c5cccc6sc7ccccc7c56)c5c4oc4ccccc45)cc3)nc(-c3ccccc3-c3cccnc3)n2)cc1. The molecule has 0 unspecified atom stereocenters. The first kappa shape index (κ1) is 32.2. The molecular formula is C50H30N4OS. The van der Waals surface area contributed by atoms with Gasteiger partial charge in [0.1, 0.15) is 11.2 Å². The molecule has 11 rings (SSSR count). The number of thiophene rings is 1. The van der Waals surface area contributed by atoms with Crippen molar-refractivity contribution in [1.82, 2.24) is 19.9 Å². The quantitative estimate of drug-likeness (QED) is 0.170. The highest BCUT2D eigenvalue weighted by Gasteiger charge is 2.21. The topological polar surface area (TPSA) is 64.7 Å². The maximum absolute atomic E-state index is 6.74. The van der Waals surface area contributed by atoms with E-state index in [0.29, 0.717) is 17.5 Å². The molecule has 0 saturated heterocycles. The third-order valence-corrected chi connectivity index (χ3v) is 11.6. The molecule has 262 valence electrons. The second kappa shape index (κ2) is 13.2. The molecule has 0 amide bonds. The summed E-state index contributed by atoms with van der Waals surface area (Å²) in [4.78, 5) is 19.5. The Kier molecular flexibility index (Phi) is 7.60. The molecule has 7 aromatic carbocycles. The van der Waals surface area contributed by atoms with E-state index < -0.39 is 0 Å². The van der Waals surface area contributed by atoms with Gasteiger partial charge in [0.05, 0.1) is 0 Å². The number of fused-ring (bicyclic) bond motifs is 6. The van der Waals surface area contributed by atoms with Crippen LogP contribution in [0.5, 0.6) is 0 Å². The summed E-state index contributed by atoms with van der Waals surface area (Å²) in [6.07, 6.45) is 3.65. The van der Waals surface area contributed by atoms with Crippen molar-refractivity contribution in [2.45, 2.75) is 0 Å². The van der Waals surface area contributed by atoms with E-state index in [1.54, 1.807) is 6.20 Å². The number of hydrogen-bond acceptors (Lipinski definition) is 6. The third kappa shape index (κ3) is 5.38. The van der Waals surface area contributed by atoms with Crippen LogP contribution < -0.4 is 0 Å². The van der Waals surface area contributed by atoms with Crippen LogP contribution in [0.4, 0.5) is 0 Å². The molecule has 4 heterocycles. The first-order chi connectivity index (χ1) is 27.8. The van der Waals surface area contributed by atoms with Crippen LogP contribution in [0.25, 0.3) is 110 Å². The highest BCUT2D eigenvalue weighted by Crippen LogP contribution is 2.46. The van der Waals surface area contributed by atoms with Crippen LogP contribution >= 0.6 is 11.3 Å². The Morgan fingerprint density at radius 3 is 1.80 bits per heavy atom. The molecule has 0 atom stereocenters. The van der Waals surface area contributed by atoms with Crippen molar-refractivity contribution in [3.63, 3.8) is 0 Å². The standard InChI is InChI=1S/C50H30N4OS/c1-2-12-32(13-3-1)48-52-49(54-50(53-48)39-16-5-4-15-35(39)34-14-11-29-51-30-34)33-25-23-31(24-26-33)36-27-28-38(46-40-17-6-8-20-42(40)55-47(36)46)37-19-10-22-44-45(37)41-18-7-9-21-43(41)56-44/h1-30H. The Hall–Kier alpha value is -7.28. The minimum absolute atomic E-state index is 0.599. The molecule has 0 aliphatic heterocycles. The predicted octanol–water partition coefficient (Wildman–Crippen LogP) is 13.5. The van der Waals surface area contributed by atoms with Gasteiger partial charge in [-0.15, -0.1) is 11.3 Å². The van der Waals surface area contributed by atoms with Crippen LogP contribution in [0.2, 0.25) is 0 Å². The number of furan rings is 1. The molecule has 0 aliphatic carbocycles. The van der Waals surface area contributed by atoms with Gasteiger partial charge in [0, 0.05) is 71.2 Å². The molecule has 0 spiro atoms. The first-order valence-electron chi connectivity index (χ1n) is 18.5. The monoisotopic (exact) mass is 734 g/mol. The number of aromatic nitrogens is 4. The van der Waals surface area contributed by atoms with Gasteiger partial charge in [-0.2, -0.15) is 0 Å². The fraction of sp³-hybridized carbons (Fsp3) is 0. The fourth-order valence-corrected chi connectivity index (χ4v) is 9.00. The second-order valence-corrected chi connectivity index (χ2v) is 14.9. The summed E-state index contributed by atoms with van der Waals surface area (Å²) in [5.74, 6) is 1.82. The lowest BCUT2D eigenvalue weighted by molar-refractivity contribution is 0.670. The van der Waals surface area contributed by atoms with E-state index in [1.165, 1.54) is 25.7 Å². The average Bonchev–Trinajstić information content (AvgIpc) is 3.86. The molecule has 0 bridgehead atoms. The third-order valence-electron chi connectivity index (χ3n) is 10.5. The number of para-hydroxylation sites is 1. The Morgan fingerprint density at radius 2 is 0.982 bits per heavy atom. The van der Waals surface area contributed by atoms with Gasteiger partial charge < -0.3 is 4.42 Å². The minimum Gasteiger partial charge on any atom is -0.455 e. The molecule has 0 aliphatic rings.